The molecule has 1 unspecified atom stereocenters. The van der Waals surface area contributed by atoms with Gasteiger partial charge in [-0.25, -0.2) is 0 Å². The number of nitrogens with zero attached hydrogens (tertiary/aromatic N) is 1. The molecule has 1 fully saturated rings. The van der Waals surface area contributed by atoms with Crippen molar-refractivity contribution in [2.75, 3.05) is 13.6 Å². The van der Waals surface area contributed by atoms with Crippen LogP contribution in [0.1, 0.15) is 28.9 Å². The zero-order valence-corrected chi connectivity index (χ0v) is 10.6. The van der Waals surface area contributed by atoms with Gasteiger partial charge in [-0.05, 0) is 30.7 Å². The maximum atomic E-state index is 12.0. The highest BCUT2D eigenvalue weighted by Gasteiger charge is 2.26. The van der Waals surface area contributed by atoms with Crippen molar-refractivity contribution in [3.8, 4) is 0 Å². The van der Waals surface area contributed by atoms with Gasteiger partial charge in [-0.2, -0.15) is 0 Å². The van der Waals surface area contributed by atoms with Crippen LogP contribution in [0.2, 0.25) is 0 Å². The van der Waals surface area contributed by atoms with Gasteiger partial charge in [0.1, 0.15) is 6.04 Å². The molecule has 2 amide bonds. The largest absolute Gasteiger partial charge is 0.344 e. The van der Waals surface area contributed by atoms with Crippen LogP contribution in [0.25, 0.3) is 0 Å². The summed E-state index contributed by atoms with van der Waals surface area (Å²) >= 11 is 1.39. The van der Waals surface area contributed by atoms with Gasteiger partial charge in [0.2, 0.25) is 5.91 Å². The van der Waals surface area contributed by atoms with E-state index in [2.05, 4.69) is 5.32 Å². The van der Waals surface area contributed by atoms with Crippen LogP contribution in [0, 0.1) is 0 Å². The lowest BCUT2D eigenvalue weighted by Crippen LogP contribution is -2.45. The Morgan fingerprint density at radius 2 is 2.35 bits per heavy atom. The molecule has 0 spiro atoms. The molecule has 1 aliphatic heterocycles. The molecule has 0 aromatic carbocycles. The Balaban J connectivity index is 2.02. The fraction of sp³-hybridized carbons (Fsp3) is 0.500. The molecule has 5 heteroatoms. The van der Waals surface area contributed by atoms with Crippen LogP contribution in [0.3, 0.4) is 0 Å². The molecule has 1 aliphatic rings. The van der Waals surface area contributed by atoms with Crippen LogP contribution in [0.15, 0.2) is 17.5 Å². The van der Waals surface area contributed by atoms with Gasteiger partial charge in [-0.3, -0.25) is 9.59 Å². The van der Waals surface area contributed by atoms with Crippen molar-refractivity contribution in [2.45, 2.75) is 25.3 Å². The number of amides is 2. The predicted octanol–water partition coefficient (Wildman–Crippen LogP) is 1.49. The lowest BCUT2D eigenvalue weighted by molar-refractivity contribution is -0.131. The summed E-state index contributed by atoms with van der Waals surface area (Å²) in [5.74, 6) is -0.124. The van der Waals surface area contributed by atoms with Crippen molar-refractivity contribution in [3.05, 3.63) is 22.4 Å². The second-order valence-corrected chi connectivity index (χ2v) is 5.21. The highest BCUT2D eigenvalue weighted by molar-refractivity contribution is 7.12. The van der Waals surface area contributed by atoms with E-state index in [4.69, 9.17) is 0 Å². The molecule has 1 saturated heterocycles. The lowest BCUT2D eigenvalue weighted by atomic mass is 10.1. The first-order valence-corrected chi connectivity index (χ1v) is 6.66. The number of hydrogen-bond acceptors (Lipinski definition) is 3. The van der Waals surface area contributed by atoms with Gasteiger partial charge in [-0.15, -0.1) is 11.3 Å². The SMILES string of the molecule is CN1CCCCC(NC(=O)c2cccs2)C1=O. The molecule has 0 bridgehead atoms. The summed E-state index contributed by atoms with van der Waals surface area (Å²) in [6.07, 6.45) is 2.72. The van der Waals surface area contributed by atoms with E-state index in [-0.39, 0.29) is 17.9 Å². The highest BCUT2D eigenvalue weighted by Crippen LogP contribution is 2.13. The molecule has 17 heavy (non-hydrogen) atoms. The molecule has 1 N–H and O–H groups in total. The van der Waals surface area contributed by atoms with E-state index < -0.39 is 0 Å². The fourth-order valence-corrected chi connectivity index (χ4v) is 2.60. The minimum Gasteiger partial charge on any atom is -0.344 e. The highest BCUT2D eigenvalue weighted by atomic mass is 32.1. The van der Waals surface area contributed by atoms with Crippen LogP contribution in [-0.2, 0) is 4.79 Å². The van der Waals surface area contributed by atoms with Crippen LogP contribution < -0.4 is 5.32 Å². The summed E-state index contributed by atoms with van der Waals surface area (Å²) in [5.41, 5.74) is 0. The first-order chi connectivity index (χ1) is 8.18. The van der Waals surface area contributed by atoms with Gasteiger partial charge in [-0.1, -0.05) is 6.07 Å². The van der Waals surface area contributed by atoms with E-state index in [1.165, 1.54) is 11.3 Å². The number of nitrogens with one attached hydrogen (secondary N) is 1. The third-order valence-electron chi connectivity index (χ3n) is 2.96. The van der Waals surface area contributed by atoms with Crippen molar-refractivity contribution in [1.29, 1.82) is 0 Å². The van der Waals surface area contributed by atoms with Gasteiger partial charge in [0, 0.05) is 13.6 Å². The molecule has 0 saturated carbocycles. The van der Waals surface area contributed by atoms with Crippen LogP contribution in [0.4, 0.5) is 0 Å². The van der Waals surface area contributed by atoms with Crippen molar-refractivity contribution < 1.29 is 9.59 Å². The van der Waals surface area contributed by atoms with Gasteiger partial charge >= 0.3 is 0 Å². The van der Waals surface area contributed by atoms with Crippen LogP contribution in [0.5, 0.6) is 0 Å². The Kier molecular flexibility index (Phi) is 3.78. The standard InChI is InChI=1S/C12H16N2O2S/c1-14-7-3-2-5-9(12(14)16)13-11(15)10-6-4-8-17-10/h4,6,8-9H,2-3,5,7H2,1H3,(H,13,15). The zero-order chi connectivity index (χ0) is 12.3. The molecule has 2 heterocycles. The van der Waals surface area contributed by atoms with E-state index >= 15 is 0 Å². The van der Waals surface area contributed by atoms with Crippen molar-refractivity contribution in [2.24, 2.45) is 0 Å². The average Bonchev–Trinajstić information content (AvgIpc) is 2.80. The number of likely N-dealkylation sites (tertiary alicyclic amines) is 1. The second-order valence-electron chi connectivity index (χ2n) is 4.26. The van der Waals surface area contributed by atoms with Gasteiger partial charge in [0.15, 0.2) is 0 Å². The van der Waals surface area contributed by atoms with Gasteiger partial charge in [0.25, 0.3) is 5.91 Å². The van der Waals surface area contributed by atoms with Crippen molar-refractivity contribution in [3.63, 3.8) is 0 Å². The quantitative estimate of drug-likeness (QED) is 0.867. The summed E-state index contributed by atoms with van der Waals surface area (Å²) in [7, 11) is 1.79. The van der Waals surface area contributed by atoms with Gasteiger partial charge < -0.3 is 10.2 Å². The minimum atomic E-state index is -0.364. The van der Waals surface area contributed by atoms with E-state index in [1.54, 1.807) is 18.0 Å². The molecular weight excluding hydrogens is 236 g/mol. The number of carbonyl (C=O) groups is 2. The minimum absolute atomic E-state index is 0.0207. The summed E-state index contributed by atoms with van der Waals surface area (Å²) in [5, 5.41) is 4.68. The molecule has 92 valence electrons. The number of rotatable bonds is 2. The predicted molar refractivity (Wildman–Crippen MR) is 67.1 cm³/mol. The zero-order valence-electron chi connectivity index (χ0n) is 9.81. The number of carbonyl (C=O) groups excluding carboxylic acids is 2. The number of likely N-dealkylation sites (N-methyl/N-ethyl adjacent to an activating group) is 1. The maximum absolute atomic E-state index is 12.0. The van der Waals surface area contributed by atoms with Crippen LogP contribution in [-0.4, -0.2) is 36.3 Å². The third-order valence-corrected chi connectivity index (χ3v) is 3.83. The lowest BCUT2D eigenvalue weighted by Gasteiger charge is -2.20. The molecule has 0 aliphatic carbocycles. The van der Waals surface area contributed by atoms with Crippen molar-refractivity contribution in [1.82, 2.24) is 10.2 Å². The summed E-state index contributed by atoms with van der Waals surface area (Å²) < 4.78 is 0. The van der Waals surface area contributed by atoms with E-state index in [9.17, 15) is 9.59 Å². The first-order valence-electron chi connectivity index (χ1n) is 5.78. The van der Waals surface area contributed by atoms with Crippen molar-refractivity contribution >= 4 is 23.2 Å². The molecule has 0 radical (unpaired) electrons. The number of thiophene rings is 1. The van der Waals surface area contributed by atoms with E-state index in [0.29, 0.717) is 4.88 Å². The topological polar surface area (TPSA) is 49.4 Å². The molecule has 1 atom stereocenters. The third kappa shape index (κ3) is 2.85. The Morgan fingerprint density at radius 3 is 3.06 bits per heavy atom. The fourth-order valence-electron chi connectivity index (χ4n) is 1.97. The molecular formula is C12H16N2O2S. The molecule has 1 aromatic heterocycles. The Labute approximate surface area is 105 Å². The molecule has 2 rings (SSSR count). The van der Waals surface area contributed by atoms with Crippen LogP contribution >= 0.6 is 11.3 Å². The van der Waals surface area contributed by atoms with E-state index in [0.717, 1.165) is 25.8 Å². The summed E-state index contributed by atoms with van der Waals surface area (Å²) in [4.78, 5) is 26.2. The second kappa shape index (κ2) is 5.31. The van der Waals surface area contributed by atoms with E-state index in [1.807, 2.05) is 11.4 Å². The summed E-state index contributed by atoms with van der Waals surface area (Å²) in [6, 6.07) is 3.24. The Morgan fingerprint density at radius 1 is 1.53 bits per heavy atom. The molecule has 4 nitrogen and oxygen atoms in total. The Bertz CT molecular complexity index is 403. The first kappa shape index (κ1) is 12.1. The maximum Gasteiger partial charge on any atom is 0.261 e. The Hall–Kier alpha value is -1.36. The smallest absolute Gasteiger partial charge is 0.261 e. The molecule has 1 aromatic rings. The van der Waals surface area contributed by atoms with Gasteiger partial charge in [0.05, 0.1) is 4.88 Å². The normalized spacial score (nSPS) is 21.1. The monoisotopic (exact) mass is 252 g/mol. The summed E-state index contributed by atoms with van der Waals surface area (Å²) in [6.45, 7) is 0.782. The average molecular weight is 252 g/mol. The number of hydrogen-bond donors (Lipinski definition) is 1.